The summed E-state index contributed by atoms with van der Waals surface area (Å²) in [6.07, 6.45) is 1.98. The standard InChI is InChI=1S/C46H50N6O5S/c1-32(47-31-43(53)41-21-22-44(48-30-41)52-33(2)15-16-34(52)3)23-37-11-7-12-38(24-37)26-45(54)49-27-36-17-19-40(20-18-36)46(55)50-28-39-13-8-14-42(25-39)58(56,57)51-29-35-9-5-4-6-10-35/h4-22,24-25,30,32,43,47,51,53H,23,26-29,31H2,1-3H3,(H,49,54)(H,50,55)/t32-,43-/m1/s1. The van der Waals surface area contributed by atoms with Gasteiger partial charge in [-0.05, 0) is 97.5 Å². The topological polar surface area (TPSA) is 154 Å². The van der Waals surface area contributed by atoms with Gasteiger partial charge in [0, 0.05) is 60.9 Å². The largest absolute Gasteiger partial charge is 0.387 e. The van der Waals surface area contributed by atoms with Crippen molar-refractivity contribution in [2.75, 3.05) is 6.54 Å². The Balaban J connectivity index is 0.913. The number of pyridine rings is 1. The first-order chi connectivity index (χ1) is 27.9. The molecule has 2 atom stereocenters. The summed E-state index contributed by atoms with van der Waals surface area (Å²) >= 11 is 0. The van der Waals surface area contributed by atoms with Gasteiger partial charge < -0.3 is 25.6 Å². The molecule has 4 aromatic carbocycles. The van der Waals surface area contributed by atoms with Gasteiger partial charge in [0.15, 0.2) is 0 Å². The first-order valence-electron chi connectivity index (χ1n) is 19.3. The van der Waals surface area contributed by atoms with Crippen LogP contribution in [0.1, 0.15) is 68.2 Å². The van der Waals surface area contributed by atoms with Crippen molar-refractivity contribution >= 4 is 21.8 Å². The Morgan fingerprint density at radius 3 is 2.09 bits per heavy atom. The molecule has 0 saturated carbocycles. The number of aliphatic hydroxyl groups excluding tert-OH is 1. The Kier molecular flexibility index (Phi) is 14.0. The van der Waals surface area contributed by atoms with Crippen LogP contribution in [0.25, 0.3) is 5.82 Å². The Bertz CT molecular complexity index is 2400. The zero-order valence-corrected chi connectivity index (χ0v) is 33.8. The predicted octanol–water partition coefficient (Wildman–Crippen LogP) is 6.01. The lowest BCUT2D eigenvalue weighted by Gasteiger charge is -2.18. The number of nitrogens with zero attached hydrogens (tertiary/aromatic N) is 2. The number of rotatable bonds is 18. The molecule has 0 unspecified atom stereocenters. The van der Waals surface area contributed by atoms with Gasteiger partial charge in [-0.25, -0.2) is 18.1 Å². The molecule has 6 rings (SSSR count). The van der Waals surface area contributed by atoms with Crippen molar-refractivity contribution in [3.8, 4) is 5.82 Å². The summed E-state index contributed by atoms with van der Waals surface area (Å²) in [6, 6.07) is 38.7. The second kappa shape index (κ2) is 19.5. The zero-order chi connectivity index (χ0) is 41.1. The fraction of sp³-hybridized carbons (Fsp3) is 0.239. The minimum atomic E-state index is -3.74. The van der Waals surface area contributed by atoms with Gasteiger partial charge in [0.25, 0.3) is 5.91 Å². The lowest BCUT2D eigenvalue weighted by molar-refractivity contribution is -0.120. The number of carbonyl (C=O) groups excluding carboxylic acids is 2. The summed E-state index contributed by atoms with van der Waals surface area (Å²) in [6.45, 7) is 7.18. The molecule has 0 aliphatic carbocycles. The van der Waals surface area contributed by atoms with Gasteiger partial charge in [0.05, 0.1) is 17.4 Å². The third-order valence-electron chi connectivity index (χ3n) is 9.89. The summed E-state index contributed by atoms with van der Waals surface area (Å²) in [5.74, 6) is 0.409. The third-order valence-corrected chi connectivity index (χ3v) is 11.3. The van der Waals surface area contributed by atoms with Gasteiger partial charge in [-0.3, -0.25) is 9.59 Å². The highest BCUT2D eigenvalue weighted by Gasteiger charge is 2.16. The van der Waals surface area contributed by atoms with Crippen molar-refractivity contribution in [2.24, 2.45) is 0 Å². The van der Waals surface area contributed by atoms with E-state index in [0.29, 0.717) is 24.2 Å². The van der Waals surface area contributed by atoms with Crippen LogP contribution in [-0.4, -0.2) is 47.5 Å². The van der Waals surface area contributed by atoms with E-state index >= 15 is 0 Å². The summed E-state index contributed by atoms with van der Waals surface area (Å²) in [7, 11) is -3.74. The average Bonchev–Trinajstić information content (AvgIpc) is 3.58. The highest BCUT2D eigenvalue weighted by molar-refractivity contribution is 7.89. The van der Waals surface area contributed by atoms with E-state index in [1.54, 1.807) is 48.7 Å². The number of aliphatic hydroxyl groups is 1. The number of sulfonamides is 1. The van der Waals surface area contributed by atoms with E-state index in [1.165, 1.54) is 6.07 Å². The zero-order valence-electron chi connectivity index (χ0n) is 33.0. The SMILES string of the molecule is Cc1ccc(C)n1-c1ccc([C@H](O)CN[C@H](C)Cc2cccc(CC(=O)NCc3ccc(C(=O)NCc4cccc(S(=O)(=O)NCc5ccccc5)c4)cc3)c2)cn1. The first-order valence-corrected chi connectivity index (χ1v) is 20.8. The van der Waals surface area contributed by atoms with Crippen molar-refractivity contribution in [1.29, 1.82) is 0 Å². The summed E-state index contributed by atoms with van der Waals surface area (Å²) < 4.78 is 30.4. The molecule has 0 spiro atoms. The maximum absolute atomic E-state index is 12.9. The maximum Gasteiger partial charge on any atom is 0.251 e. The molecule has 0 aliphatic rings. The second-order valence-electron chi connectivity index (χ2n) is 14.5. The number of nitrogens with one attached hydrogen (secondary N) is 4. The summed E-state index contributed by atoms with van der Waals surface area (Å²) in [5.41, 5.74) is 7.75. The number of hydrogen-bond acceptors (Lipinski definition) is 7. The highest BCUT2D eigenvalue weighted by Crippen LogP contribution is 2.18. The molecular formula is C46H50N6O5S. The van der Waals surface area contributed by atoms with Gasteiger partial charge in [-0.1, -0.05) is 84.9 Å². The molecule has 58 heavy (non-hydrogen) atoms. The molecule has 12 heteroatoms. The predicted molar refractivity (Wildman–Crippen MR) is 226 cm³/mol. The van der Waals surface area contributed by atoms with E-state index in [9.17, 15) is 23.1 Å². The maximum atomic E-state index is 12.9. The van der Waals surface area contributed by atoms with Crippen LogP contribution in [0.4, 0.5) is 0 Å². The van der Waals surface area contributed by atoms with Crippen molar-refractivity contribution < 1.29 is 23.1 Å². The summed E-state index contributed by atoms with van der Waals surface area (Å²) in [5, 5.41) is 20.1. The number of carbonyl (C=O) groups is 2. The van der Waals surface area contributed by atoms with Gasteiger partial charge in [-0.2, -0.15) is 0 Å². The third kappa shape index (κ3) is 11.6. The van der Waals surface area contributed by atoms with Gasteiger partial charge in [0.2, 0.25) is 15.9 Å². The number of aryl methyl sites for hydroxylation is 2. The molecule has 0 fully saturated rings. The molecular weight excluding hydrogens is 749 g/mol. The van der Waals surface area contributed by atoms with Crippen molar-refractivity contribution in [1.82, 2.24) is 30.2 Å². The Labute approximate surface area is 340 Å². The van der Waals surface area contributed by atoms with Crippen LogP contribution in [0.15, 0.2) is 138 Å². The van der Waals surface area contributed by atoms with Crippen molar-refractivity contribution in [3.05, 3.63) is 184 Å². The number of amides is 2. The van der Waals surface area contributed by atoms with Crippen LogP contribution < -0.4 is 20.7 Å². The lowest BCUT2D eigenvalue weighted by Crippen LogP contribution is -2.32. The van der Waals surface area contributed by atoms with E-state index < -0.39 is 16.1 Å². The summed E-state index contributed by atoms with van der Waals surface area (Å²) in [4.78, 5) is 30.5. The van der Waals surface area contributed by atoms with E-state index in [2.05, 4.69) is 49.3 Å². The normalized spacial score (nSPS) is 12.5. The smallest absolute Gasteiger partial charge is 0.251 e. The molecule has 2 heterocycles. The van der Waals surface area contributed by atoms with Gasteiger partial charge in [0.1, 0.15) is 5.82 Å². The van der Waals surface area contributed by atoms with Crippen LogP contribution in [-0.2, 0) is 47.3 Å². The van der Waals surface area contributed by atoms with Gasteiger partial charge >= 0.3 is 0 Å². The lowest BCUT2D eigenvalue weighted by atomic mass is 10.0. The van der Waals surface area contributed by atoms with E-state index in [4.69, 9.17) is 0 Å². The second-order valence-corrected chi connectivity index (χ2v) is 16.3. The first kappa shape index (κ1) is 41.7. The monoisotopic (exact) mass is 798 g/mol. The van der Waals surface area contributed by atoms with E-state index in [1.807, 2.05) is 80.6 Å². The van der Waals surface area contributed by atoms with Crippen LogP contribution in [0.2, 0.25) is 0 Å². The van der Waals surface area contributed by atoms with E-state index in [0.717, 1.165) is 51.4 Å². The van der Waals surface area contributed by atoms with Crippen LogP contribution in [0.5, 0.6) is 0 Å². The van der Waals surface area contributed by atoms with Crippen LogP contribution in [0, 0.1) is 13.8 Å². The Morgan fingerprint density at radius 2 is 1.36 bits per heavy atom. The molecule has 0 bridgehead atoms. The van der Waals surface area contributed by atoms with Crippen molar-refractivity contribution in [2.45, 2.75) is 70.3 Å². The molecule has 6 aromatic rings. The number of hydrogen-bond donors (Lipinski definition) is 5. The quantitative estimate of drug-likeness (QED) is 0.0714. The molecule has 2 aromatic heterocycles. The number of benzene rings is 4. The Hall–Kier alpha value is -5.92. The van der Waals surface area contributed by atoms with E-state index in [-0.39, 0.29) is 42.3 Å². The van der Waals surface area contributed by atoms with Crippen LogP contribution in [0.3, 0.4) is 0 Å². The minimum absolute atomic E-state index is 0.0871. The molecule has 0 aliphatic heterocycles. The number of aromatic nitrogens is 2. The van der Waals surface area contributed by atoms with Crippen LogP contribution >= 0.6 is 0 Å². The highest BCUT2D eigenvalue weighted by atomic mass is 32.2. The fourth-order valence-electron chi connectivity index (χ4n) is 6.67. The molecule has 0 radical (unpaired) electrons. The Morgan fingerprint density at radius 1 is 0.707 bits per heavy atom. The molecule has 2 amide bonds. The average molecular weight is 799 g/mol. The molecule has 11 nitrogen and oxygen atoms in total. The molecule has 0 saturated heterocycles. The molecule has 300 valence electrons. The fourth-order valence-corrected chi connectivity index (χ4v) is 7.75. The van der Waals surface area contributed by atoms with Gasteiger partial charge in [-0.15, -0.1) is 0 Å². The van der Waals surface area contributed by atoms with Crippen molar-refractivity contribution in [3.63, 3.8) is 0 Å². The molecule has 5 N–H and O–H groups in total. The minimum Gasteiger partial charge on any atom is -0.387 e.